The summed E-state index contributed by atoms with van der Waals surface area (Å²) in [6.07, 6.45) is 0. The molecule has 0 amide bonds. The van der Waals surface area contributed by atoms with Crippen LogP contribution >= 0.6 is 0 Å². The molecule has 18 heavy (non-hydrogen) atoms. The van der Waals surface area contributed by atoms with Gasteiger partial charge in [-0.1, -0.05) is 18.2 Å². The molecule has 0 saturated carbocycles. The van der Waals surface area contributed by atoms with Gasteiger partial charge >= 0.3 is 0 Å². The topological polar surface area (TPSA) is 30.7 Å². The molecule has 3 nitrogen and oxygen atoms in total. The Morgan fingerprint density at radius 1 is 0.889 bits per heavy atom. The second kappa shape index (κ2) is 3.95. The molecule has 3 aromatic rings. The van der Waals surface area contributed by atoms with Gasteiger partial charge in [0.15, 0.2) is 0 Å². The summed E-state index contributed by atoms with van der Waals surface area (Å²) in [5, 5.41) is 9.06. The van der Waals surface area contributed by atoms with Gasteiger partial charge in [0.05, 0.1) is 5.69 Å². The van der Waals surface area contributed by atoms with Crippen LogP contribution in [0.3, 0.4) is 0 Å². The third-order valence-corrected chi connectivity index (χ3v) is 3.29. The van der Waals surface area contributed by atoms with Gasteiger partial charge in [-0.3, -0.25) is 0 Å². The number of rotatable bonds is 1. The Labute approximate surface area is 106 Å². The lowest BCUT2D eigenvalue weighted by Gasteiger charge is -2.08. The minimum atomic E-state index is 0.927. The molecule has 3 heteroatoms. The van der Waals surface area contributed by atoms with E-state index in [-0.39, 0.29) is 0 Å². The molecule has 0 aliphatic carbocycles. The first-order chi connectivity index (χ1) is 8.65. The summed E-state index contributed by atoms with van der Waals surface area (Å²) >= 11 is 0. The maximum atomic E-state index is 4.53. The molecule has 0 unspecified atom stereocenters. The van der Waals surface area contributed by atoms with E-state index in [1.54, 1.807) is 4.80 Å². The summed E-state index contributed by atoms with van der Waals surface area (Å²) in [5.74, 6) is 0. The van der Waals surface area contributed by atoms with Crippen molar-refractivity contribution in [1.29, 1.82) is 0 Å². The van der Waals surface area contributed by atoms with Crippen LogP contribution in [-0.2, 0) is 0 Å². The monoisotopic (exact) mass is 237 g/mol. The summed E-state index contributed by atoms with van der Waals surface area (Å²) < 4.78 is 0. The van der Waals surface area contributed by atoms with Crippen LogP contribution in [0.1, 0.15) is 16.7 Å². The van der Waals surface area contributed by atoms with E-state index >= 15 is 0 Å². The number of benzene rings is 2. The third kappa shape index (κ3) is 1.68. The molecule has 90 valence electrons. The first kappa shape index (κ1) is 11.0. The van der Waals surface area contributed by atoms with Gasteiger partial charge < -0.3 is 0 Å². The number of fused-ring (bicyclic) bond motifs is 1. The highest BCUT2D eigenvalue weighted by molar-refractivity contribution is 5.73. The number of aryl methyl sites for hydroxylation is 2. The molecule has 0 saturated heterocycles. The molecule has 0 fully saturated rings. The SMILES string of the molecule is Cc1cc(C)c(C)c(-n2nc3ccccc3n2)c1. The quantitative estimate of drug-likeness (QED) is 0.650. The molecule has 1 heterocycles. The van der Waals surface area contributed by atoms with Gasteiger partial charge in [0, 0.05) is 0 Å². The molecule has 0 radical (unpaired) electrons. The van der Waals surface area contributed by atoms with Crippen LogP contribution in [-0.4, -0.2) is 15.0 Å². The molecule has 0 atom stereocenters. The van der Waals surface area contributed by atoms with Crippen molar-refractivity contribution in [1.82, 2.24) is 15.0 Å². The van der Waals surface area contributed by atoms with Crippen molar-refractivity contribution in [3.8, 4) is 5.69 Å². The molecular weight excluding hydrogens is 222 g/mol. The summed E-state index contributed by atoms with van der Waals surface area (Å²) in [6, 6.07) is 12.2. The highest BCUT2D eigenvalue weighted by atomic mass is 15.5. The molecule has 0 spiro atoms. The Bertz CT molecular complexity index is 693. The fourth-order valence-corrected chi connectivity index (χ4v) is 2.19. The van der Waals surface area contributed by atoms with Crippen molar-refractivity contribution in [2.45, 2.75) is 20.8 Å². The number of nitrogens with zero attached hydrogens (tertiary/aromatic N) is 3. The second-order valence-corrected chi connectivity index (χ2v) is 4.70. The van der Waals surface area contributed by atoms with Crippen LogP contribution in [0, 0.1) is 20.8 Å². The zero-order valence-corrected chi connectivity index (χ0v) is 10.8. The first-order valence-corrected chi connectivity index (χ1v) is 6.05. The normalized spacial score (nSPS) is 11.1. The smallest absolute Gasteiger partial charge is 0.113 e. The third-order valence-electron chi connectivity index (χ3n) is 3.29. The summed E-state index contributed by atoms with van der Waals surface area (Å²) in [5.41, 5.74) is 6.64. The van der Waals surface area contributed by atoms with E-state index < -0.39 is 0 Å². The van der Waals surface area contributed by atoms with Gasteiger partial charge in [-0.25, -0.2) is 0 Å². The largest absolute Gasteiger partial charge is 0.150 e. The van der Waals surface area contributed by atoms with Crippen LogP contribution in [0.15, 0.2) is 36.4 Å². The highest BCUT2D eigenvalue weighted by Crippen LogP contribution is 2.20. The van der Waals surface area contributed by atoms with E-state index in [4.69, 9.17) is 0 Å². The Balaban J connectivity index is 2.26. The average molecular weight is 237 g/mol. The van der Waals surface area contributed by atoms with Crippen molar-refractivity contribution in [2.75, 3.05) is 0 Å². The van der Waals surface area contributed by atoms with Crippen molar-refractivity contribution < 1.29 is 0 Å². The van der Waals surface area contributed by atoms with Crippen LogP contribution in [0.25, 0.3) is 16.7 Å². The lowest BCUT2D eigenvalue weighted by molar-refractivity contribution is 0.758. The van der Waals surface area contributed by atoms with Crippen molar-refractivity contribution in [2.24, 2.45) is 0 Å². The summed E-state index contributed by atoms with van der Waals surface area (Å²) in [4.78, 5) is 1.74. The molecule has 0 aliphatic heterocycles. The van der Waals surface area contributed by atoms with Gasteiger partial charge in [-0.2, -0.15) is 4.80 Å². The molecule has 2 aromatic carbocycles. The Kier molecular flexibility index (Phi) is 2.40. The Morgan fingerprint density at radius 2 is 1.50 bits per heavy atom. The lowest BCUT2D eigenvalue weighted by atomic mass is 10.1. The van der Waals surface area contributed by atoms with Crippen molar-refractivity contribution >= 4 is 11.0 Å². The Hall–Kier alpha value is -2.16. The number of hydrogen-bond donors (Lipinski definition) is 0. The highest BCUT2D eigenvalue weighted by Gasteiger charge is 2.08. The number of aromatic nitrogens is 3. The minimum absolute atomic E-state index is 0.927. The van der Waals surface area contributed by atoms with Gasteiger partial charge in [-0.15, -0.1) is 10.2 Å². The van der Waals surface area contributed by atoms with E-state index in [9.17, 15) is 0 Å². The van der Waals surface area contributed by atoms with E-state index in [1.807, 2.05) is 24.3 Å². The maximum absolute atomic E-state index is 4.53. The predicted octanol–water partition coefficient (Wildman–Crippen LogP) is 3.35. The summed E-state index contributed by atoms with van der Waals surface area (Å²) in [7, 11) is 0. The molecule has 3 rings (SSSR count). The number of hydrogen-bond acceptors (Lipinski definition) is 2. The second-order valence-electron chi connectivity index (χ2n) is 4.70. The zero-order valence-electron chi connectivity index (χ0n) is 10.8. The minimum Gasteiger partial charge on any atom is -0.150 e. The fourth-order valence-electron chi connectivity index (χ4n) is 2.19. The molecule has 1 aromatic heterocycles. The van der Waals surface area contributed by atoms with Crippen LogP contribution in [0.5, 0.6) is 0 Å². The lowest BCUT2D eigenvalue weighted by Crippen LogP contribution is -2.03. The van der Waals surface area contributed by atoms with Gasteiger partial charge in [-0.05, 0) is 55.7 Å². The van der Waals surface area contributed by atoms with E-state index in [0.29, 0.717) is 0 Å². The van der Waals surface area contributed by atoms with E-state index in [1.165, 1.54) is 16.7 Å². The Morgan fingerprint density at radius 3 is 2.11 bits per heavy atom. The van der Waals surface area contributed by atoms with Crippen LogP contribution < -0.4 is 0 Å². The standard InChI is InChI=1S/C15H15N3/c1-10-8-11(2)12(3)15(9-10)18-16-13-6-4-5-7-14(13)17-18/h4-9H,1-3H3. The van der Waals surface area contributed by atoms with Crippen LogP contribution in [0.4, 0.5) is 0 Å². The van der Waals surface area contributed by atoms with Crippen molar-refractivity contribution in [3.05, 3.63) is 53.1 Å². The molecule has 0 aliphatic rings. The zero-order chi connectivity index (χ0) is 12.7. The summed E-state index contributed by atoms with van der Waals surface area (Å²) in [6.45, 7) is 6.33. The fraction of sp³-hybridized carbons (Fsp3) is 0.200. The van der Waals surface area contributed by atoms with Gasteiger partial charge in [0.2, 0.25) is 0 Å². The predicted molar refractivity (Wildman–Crippen MR) is 73.1 cm³/mol. The first-order valence-electron chi connectivity index (χ1n) is 6.05. The van der Waals surface area contributed by atoms with Gasteiger partial charge in [0.25, 0.3) is 0 Å². The maximum Gasteiger partial charge on any atom is 0.113 e. The van der Waals surface area contributed by atoms with Gasteiger partial charge in [0.1, 0.15) is 11.0 Å². The molecule has 0 bridgehead atoms. The molecular formula is C15H15N3. The van der Waals surface area contributed by atoms with E-state index in [0.717, 1.165) is 16.7 Å². The molecule has 0 N–H and O–H groups in total. The van der Waals surface area contributed by atoms with Crippen LogP contribution in [0.2, 0.25) is 0 Å². The average Bonchev–Trinajstić information content (AvgIpc) is 2.77. The van der Waals surface area contributed by atoms with Crippen molar-refractivity contribution in [3.63, 3.8) is 0 Å². The van der Waals surface area contributed by atoms with E-state index in [2.05, 4.69) is 43.1 Å².